The minimum Gasteiger partial charge on any atom is -0.497 e. The van der Waals surface area contributed by atoms with Gasteiger partial charge < -0.3 is 18.9 Å². The summed E-state index contributed by atoms with van der Waals surface area (Å²) in [5.41, 5.74) is 2.73. The molecule has 0 N–H and O–H groups in total. The van der Waals surface area contributed by atoms with E-state index >= 15 is 0 Å². The fourth-order valence-corrected chi connectivity index (χ4v) is 5.05. The van der Waals surface area contributed by atoms with Crippen LogP contribution in [0.25, 0.3) is 0 Å². The quantitative estimate of drug-likeness (QED) is 0.679. The molecule has 1 atom stereocenters. The molecule has 7 heteroatoms. The Bertz CT molecular complexity index is 1160. The van der Waals surface area contributed by atoms with Crippen molar-refractivity contribution < 1.29 is 28.5 Å². The van der Waals surface area contributed by atoms with Gasteiger partial charge in [-0.3, -0.25) is 14.5 Å². The lowest BCUT2D eigenvalue weighted by Gasteiger charge is -2.43. The first-order chi connectivity index (χ1) is 15.8. The van der Waals surface area contributed by atoms with Crippen LogP contribution >= 0.6 is 0 Å². The van der Waals surface area contributed by atoms with Crippen LogP contribution in [0.4, 0.5) is 5.69 Å². The monoisotopic (exact) mass is 449 g/mol. The number of allylic oxidation sites excluding steroid dienone is 2. The van der Waals surface area contributed by atoms with E-state index in [0.29, 0.717) is 47.1 Å². The van der Waals surface area contributed by atoms with Crippen molar-refractivity contribution in [1.29, 1.82) is 0 Å². The molecule has 172 valence electrons. The maximum absolute atomic E-state index is 13.6. The van der Waals surface area contributed by atoms with E-state index < -0.39 is 0 Å². The third-order valence-electron chi connectivity index (χ3n) is 6.54. The molecule has 2 aliphatic heterocycles. The van der Waals surface area contributed by atoms with Gasteiger partial charge in [0.25, 0.3) is 0 Å². The third kappa shape index (κ3) is 3.71. The molecule has 0 fully saturated rings. The average molecular weight is 450 g/mol. The van der Waals surface area contributed by atoms with Gasteiger partial charge in [-0.1, -0.05) is 19.9 Å². The molecule has 1 aliphatic carbocycles. The number of carbonyl (C=O) groups excluding carboxylic acids is 2. The summed E-state index contributed by atoms with van der Waals surface area (Å²) < 4.78 is 21.8. The zero-order valence-corrected chi connectivity index (χ0v) is 19.3. The van der Waals surface area contributed by atoms with E-state index in [-0.39, 0.29) is 36.2 Å². The first kappa shape index (κ1) is 21.4. The molecular weight excluding hydrogens is 422 g/mol. The number of anilines is 1. The number of hydrogen-bond acceptors (Lipinski definition) is 6. The zero-order chi connectivity index (χ0) is 23.3. The Hall–Kier alpha value is -3.48. The molecule has 7 nitrogen and oxygen atoms in total. The van der Waals surface area contributed by atoms with Gasteiger partial charge in [0, 0.05) is 48.2 Å². The lowest BCUT2D eigenvalue weighted by atomic mass is 9.69. The van der Waals surface area contributed by atoms with Crippen molar-refractivity contribution in [1.82, 2.24) is 0 Å². The Labute approximate surface area is 192 Å². The van der Waals surface area contributed by atoms with Crippen LogP contribution in [0.1, 0.15) is 44.6 Å². The van der Waals surface area contributed by atoms with Crippen LogP contribution in [-0.4, -0.2) is 32.7 Å². The minimum absolute atomic E-state index is 0.0720. The average Bonchev–Trinajstić information content (AvgIpc) is 3.25. The molecule has 0 radical (unpaired) electrons. The molecule has 2 aromatic carbocycles. The standard InChI is InChI=1S/C26H27NO6/c1-26(2)12-20-25(21(28)13-26)19(15-5-6-22-23(7-15)33-14-32-22)11-24(29)27(20)16-8-17(30-3)10-18(9-16)31-4/h5-10,19H,11-14H2,1-4H3. The van der Waals surface area contributed by atoms with Crippen LogP contribution in [0.2, 0.25) is 0 Å². The van der Waals surface area contributed by atoms with Crippen LogP contribution in [0.5, 0.6) is 23.0 Å². The summed E-state index contributed by atoms with van der Waals surface area (Å²) in [6, 6.07) is 11.0. The summed E-state index contributed by atoms with van der Waals surface area (Å²) in [6.07, 6.45) is 1.24. The van der Waals surface area contributed by atoms with E-state index in [4.69, 9.17) is 18.9 Å². The molecule has 0 saturated carbocycles. The highest BCUT2D eigenvalue weighted by Gasteiger charge is 2.44. The maximum atomic E-state index is 13.6. The van der Waals surface area contributed by atoms with Crippen LogP contribution in [-0.2, 0) is 9.59 Å². The van der Waals surface area contributed by atoms with Crippen molar-refractivity contribution in [3.63, 3.8) is 0 Å². The van der Waals surface area contributed by atoms with E-state index in [9.17, 15) is 9.59 Å². The second-order valence-electron chi connectivity index (χ2n) is 9.47. The predicted octanol–water partition coefficient (Wildman–Crippen LogP) is 4.60. The van der Waals surface area contributed by atoms with Crippen molar-refractivity contribution in [2.75, 3.05) is 25.9 Å². The number of amides is 1. The highest BCUT2D eigenvalue weighted by Crippen LogP contribution is 2.49. The van der Waals surface area contributed by atoms with Crippen LogP contribution in [0.3, 0.4) is 0 Å². The summed E-state index contributed by atoms with van der Waals surface area (Å²) >= 11 is 0. The van der Waals surface area contributed by atoms with Crippen LogP contribution in [0, 0.1) is 5.41 Å². The molecule has 5 rings (SSSR count). The normalized spacial score (nSPS) is 21.2. The second-order valence-corrected chi connectivity index (χ2v) is 9.47. The number of ketones is 1. The Morgan fingerprint density at radius 3 is 2.33 bits per heavy atom. The largest absolute Gasteiger partial charge is 0.497 e. The number of nitrogens with zero attached hydrogens (tertiary/aromatic N) is 1. The van der Waals surface area contributed by atoms with E-state index in [2.05, 4.69) is 13.8 Å². The van der Waals surface area contributed by atoms with Gasteiger partial charge in [0.2, 0.25) is 12.7 Å². The van der Waals surface area contributed by atoms with E-state index in [1.807, 2.05) is 18.2 Å². The molecule has 0 bridgehead atoms. The van der Waals surface area contributed by atoms with E-state index in [1.165, 1.54) is 0 Å². The molecule has 2 heterocycles. The SMILES string of the molecule is COc1cc(OC)cc(N2C(=O)CC(c3ccc4c(c3)OCO4)C3=C2CC(C)(C)CC3=O)c1. The Morgan fingerprint density at radius 1 is 0.939 bits per heavy atom. The van der Waals surface area contributed by atoms with Crippen molar-refractivity contribution in [2.24, 2.45) is 5.41 Å². The third-order valence-corrected chi connectivity index (χ3v) is 6.54. The molecule has 0 aromatic heterocycles. The number of fused-ring (bicyclic) bond motifs is 1. The summed E-state index contributed by atoms with van der Waals surface area (Å²) in [5, 5.41) is 0. The van der Waals surface area contributed by atoms with Gasteiger partial charge in [-0.15, -0.1) is 0 Å². The zero-order valence-electron chi connectivity index (χ0n) is 19.3. The van der Waals surface area contributed by atoms with E-state index in [1.54, 1.807) is 37.3 Å². The number of Topliss-reactive ketones (excluding diaryl/α,β-unsaturated/α-hetero) is 1. The second kappa shape index (κ2) is 7.83. The lowest BCUT2D eigenvalue weighted by Crippen LogP contribution is -2.43. The molecule has 3 aliphatic rings. The molecule has 2 aromatic rings. The Balaban J connectivity index is 1.67. The van der Waals surface area contributed by atoms with Gasteiger partial charge in [-0.05, 0) is 29.5 Å². The minimum atomic E-state index is -0.325. The van der Waals surface area contributed by atoms with E-state index in [0.717, 1.165) is 11.3 Å². The first-order valence-corrected chi connectivity index (χ1v) is 11.0. The molecule has 1 unspecified atom stereocenters. The van der Waals surface area contributed by atoms with Gasteiger partial charge in [0.05, 0.1) is 19.9 Å². The van der Waals surface area contributed by atoms with Crippen molar-refractivity contribution >= 4 is 17.4 Å². The van der Waals surface area contributed by atoms with Gasteiger partial charge in [-0.25, -0.2) is 0 Å². The number of hydrogen-bond donors (Lipinski definition) is 0. The molecule has 0 spiro atoms. The van der Waals surface area contributed by atoms with Crippen molar-refractivity contribution in [3.8, 4) is 23.0 Å². The predicted molar refractivity (Wildman–Crippen MR) is 122 cm³/mol. The number of rotatable bonds is 4. The van der Waals surface area contributed by atoms with Gasteiger partial charge in [0.1, 0.15) is 11.5 Å². The molecule has 33 heavy (non-hydrogen) atoms. The molecule has 1 amide bonds. The maximum Gasteiger partial charge on any atom is 0.232 e. The summed E-state index contributed by atoms with van der Waals surface area (Å²) in [6.45, 7) is 4.30. The van der Waals surface area contributed by atoms with Crippen molar-refractivity contribution in [2.45, 2.75) is 39.0 Å². The van der Waals surface area contributed by atoms with Crippen molar-refractivity contribution in [3.05, 3.63) is 53.2 Å². The molecular formula is C26H27NO6. The molecule has 0 saturated heterocycles. The fourth-order valence-electron chi connectivity index (χ4n) is 5.05. The Kier molecular flexibility index (Phi) is 5.07. The first-order valence-electron chi connectivity index (χ1n) is 11.0. The summed E-state index contributed by atoms with van der Waals surface area (Å²) in [5.74, 6) is 2.17. The van der Waals surface area contributed by atoms with Gasteiger partial charge >= 0.3 is 0 Å². The number of benzene rings is 2. The summed E-state index contributed by atoms with van der Waals surface area (Å²) in [7, 11) is 3.15. The van der Waals surface area contributed by atoms with Gasteiger partial charge in [0.15, 0.2) is 17.3 Å². The summed E-state index contributed by atoms with van der Waals surface area (Å²) in [4.78, 5) is 28.8. The van der Waals surface area contributed by atoms with Gasteiger partial charge in [-0.2, -0.15) is 0 Å². The lowest BCUT2D eigenvalue weighted by molar-refractivity contribution is -0.121. The highest BCUT2D eigenvalue weighted by molar-refractivity contribution is 6.08. The topological polar surface area (TPSA) is 74.3 Å². The number of carbonyl (C=O) groups is 2. The number of methoxy groups -OCH3 is 2. The fraction of sp³-hybridized carbons (Fsp3) is 0.385. The van der Waals surface area contributed by atoms with Crippen LogP contribution < -0.4 is 23.8 Å². The Morgan fingerprint density at radius 2 is 1.64 bits per heavy atom. The highest BCUT2D eigenvalue weighted by atomic mass is 16.7. The smallest absolute Gasteiger partial charge is 0.232 e. The number of ether oxygens (including phenoxy) is 4. The van der Waals surface area contributed by atoms with Crippen LogP contribution in [0.15, 0.2) is 47.7 Å².